The number of hydrogen-bond acceptors (Lipinski definition) is 3. The third-order valence-corrected chi connectivity index (χ3v) is 5.52. The highest BCUT2D eigenvalue weighted by molar-refractivity contribution is 5.96. The van der Waals surface area contributed by atoms with Crippen molar-refractivity contribution >= 4 is 17.6 Å². The lowest BCUT2D eigenvalue weighted by Crippen LogP contribution is -2.36. The Bertz CT molecular complexity index is 898. The Kier molecular flexibility index (Phi) is 4.79. The summed E-state index contributed by atoms with van der Waals surface area (Å²) in [5.41, 5.74) is 1.13. The Morgan fingerprint density at radius 3 is 2.43 bits per heavy atom. The van der Waals surface area contributed by atoms with E-state index in [2.05, 4.69) is 5.32 Å². The molecule has 2 aliphatic carbocycles. The number of aliphatic carboxylic acids is 1. The number of carbonyl (C=O) groups excluding carboxylic acids is 1. The average molecular weight is 383 g/mol. The van der Waals surface area contributed by atoms with Gasteiger partial charge in [-0.05, 0) is 54.9 Å². The lowest BCUT2D eigenvalue weighted by Gasteiger charge is -2.23. The first kappa shape index (κ1) is 18.5. The zero-order valence-electron chi connectivity index (χ0n) is 15.4. The molecule has 0 saturated heterocycles. The maximum Gasteiger partial charge on any atom is 0.310 e. The van der Waals surface area contributed by atoms with E-state index in [9.17, 15) is 19.1 Å². The van der Waals surface area contributed by atoms with E-state index < -0.39 is 23.1 Å². The van der Waals surface area contributed by atoms with E-state index in [1.807, 2.05) is 24.3 Å². The lowest BCUT2D eigenvalue weighted by molar-refractivity contribution is -0.150. The van der Waals surface area contributed by atoms with E-state index in [0.717, 1.165) is 24.0 Å². The van der Waals surface area contributed by atoms with Crippen LogP contribution in [0.25, 0.3) is 0 Å². The van der Waals surface area contributed by atoms with Crippen molar-refractivity contribution in [2.24, 2.45) is 11.3 Å². The number of hydrogen-bond donors (Lipinski definition) is 2. The number of fused-ring (bicyclic) bond motifs is 1. The molecular formula is C22H22FNO4. The minimum Gasteiger partial charge on any atom is -0.491 e. The molecule has 1 fully saturated rings. The predicted octanol–water partition coefficient (Wildman–Crippen LogP) is 3.81. The van der Waals surface area contributed by atoms with E-state index in [4.69, 9.17) is 4.74 Å². The van der Waals surface area contributed by atoms with Crippen LogP contribution in [0.3, 0.4) is 0 Å². The summed E-state index contributed by atoms with van der Waals surface area (Å²) in [5, 5.41) is 12.6. The normalized spacial score (nSPS) is 17.0. The summed E-state index contributed by atoms with van der Waals surface area (Å²) >= 11 is 0. The number of carboxylic acids is 1. The fourth-order valence-electron chi connectivity index (χ4n) is 3.76. The van der Waals surface area contributed by atoms with Crippen molar-refractivity contribution in [2.45, 2.75) is 32.1 Å². The van der Waals surface area contributed by atoms with E-state index >= 15 is 0 Å². The molecule has 2 aromatic rings. The van der Waals surface area contributed by atoms with Gasteiger partial charge in [0, 0.05) is 12.5 Å². The predicted molar refractivity (Wildman–Crippen MR) is 102 cm³/mol. The molecule has 0 atom stereocenters. The molecule has 0 spiro atoms. The van der Waals surface area contributed by atoms with E-state index in [-0.39, 0.29) is 12.2 Å². The SMILES string of the molecule is O=C(CC1(C(=O)O)Cc2ccccc2C1)Nc1ccc(F)cc1OCC1CC1. The van der Waals surface area contributed by atoms with Crippen LogP contribution in [0.1, 0.15) is 30.4 Å². The van der Waals surface area contributed by atoms with E-state index in [1.54, 1.807) is 0 Å². The molecular weight excluding hydrogens is 361 g/mol. The van der Waals surface area contributed by atoms with Crippen molar-refractivity contribution in [2.75, 3.05) is 11.9 Å². The van der Waals surface area contributed by atoms with Crippen LogP contribution in [0, 0.1) is 17.2 Å². The van der Waals surface area contributed by atoms with Gasteiger partial charge in [-0.15, -0.1) is 0 Å². The van der Waals surface area contributed by atoms with Crippen LogP contribution >= 0.6 is 0 Å². The highest BCUT2D eigenvalue weighted by Crippen LogP contribution is 2.40. The second-order valence-corrected chi connectivity index (χ2v) is 7.83. The average Bonchev–Trinajstić information content (AvgIpc) is 3.40. The Labute approximate surface area is 162 Å². The number of ether oxygens (including phenoxy) is 1. The van der Waals surface area contributed by atoms with Crippen molar-refractivity contribution < 1.29 is 23.8 Å². The Hall–Kier alpha value is -2.89. The summed E-state index contributed by atoms with van der Waals surface area (Å²) in [6.07, 6.45) is 2.68. The van der Waals surface area contributed by atoms with Gasteiger partial charge in [-0.1, -0.05) is 24.3 Å². The van der Waals surface area contributed by atoms with Gasteiger partial charge in [-0.2, -0.15) is 0 Å². The fourth-order valence-corrected chi connectivity index (χ4v) is 3.76. The van der Waals surface area contributed by atoms with Crippen LogP contribution in [0.5, 0.6) is 5.75 Å². The number of benzene rings is 2. The number of rotatable bonds is 7. The molecule has 2 N–H and O–H groups in total. The first-order valence-corrected chi connectivity index (χ1v) is 9.48. The molecule has 0 bridgehead atoms. The Balaban J connectivity index is 1.48. The first-order valence-electron chi connectivity index (χ1n) is 9.48. The number of amides is 1. The maximum atomic E-state index is 13.6. The largest absolute Gasteiger partial charge is 0.491 e. The van der Waals surface area contributed by atoms with Gasteiger partial charge >= 0.3 is 5.97 Å². The smallest absolute Gasteiger partial charge is 0.310 e. The molecule has 0 aromatic heterocycles. The number of nitrogens with one attached hydrogen (secondary N) is 1. The lowest BCUT2D eigenvalue weighted by atomic mass is 9.81. The van der Waals surface area contributed by atoms with E-state index in [0.29, 0.717) is 31.1 Å². The molecule has 0 unspecified atom stereocenters. The van der Waals surface area contributed by atoms with E-state index in [1.165, 1.54) is 18.2 Å². The van der Waals surface area contributed by atoms with Gasteiger partial charge in [0.05, 0.1) is 17.7 Å². The van der Waals surface area contributed by atoms with Crippen LogP contribution in [0.2, 0.25) is 0 Å². The summed E-state index contributed by atoms with van der Waals surface area (Å²) in [4.78, 5) is 24.7. The standard InChI is InChI=1S/C22H22FNO4/c23-17-7-8-18(19(9-17)28-13-14-5-6-14)24-20(25)12-22(21(26)27)10-15-3-1-2-4-16(15)11-22/h1-4,7-9,14H,5-6,10-13H2,(H,24,25)(H,26,27). The molecule has 146 valence electrons. The minimum absolute atomic E-state index is 0.156. The zero-order chi connectivity index (χ0) is 19.7. The molecule has 0 heterocycles. The molecule has 6 heteroatoms. The number of halogens is 1. The second-order valence-electron chi connectivity index (χ2n) is 7.83. The molecule has 1 saturated carbocycles. The van der Waals surface area contributed by atoms with Gasteiger partial charge in [-0.25, -0.2) is 4.39 Å². The summed E-state index contributed by atoms with van der Waals surface area (Å²) in [5.74, 6) is -1.09. The van der Waals surface area contributed by atoms with Crippen molar-refractivity contribution in [3.8, 4) is 5.75 Å². The number of carboxylic acid groups (broad SMARTS) is 1. The summed E-state index contributed by atoms with van der Waals surface area (Å²) in [7, 11) is 0. The Morgan fingerprint density at radius 1 is 1.14 bits per heavy atom. The quantitative estimate of drug-likeness (QED) is 0.762. The molecule has 28 heavy (non-hydrogen) atoms. The molecule has 5 nitrogen and oxygen atoms in total. The number of carbonyl (C=O) groups is 2. The van der Waals surface area contributed by atoms with Gasteiger partial charge in [0.25, 0.3) is 0 Å². The molecule has 4 rings (SSSR count). The third-order valence-electron chi connectivity index (χ3n) is 5.52. The third kappa shape index (κ3) is 3.86. The molecule has 0 aliphatic heterocycles. The highest BCUT2D eigenvalue weighted by atomic mass is 19.1. The van der Waals surface area contributed by atoms with Crippen LogP contribution in [0.15, 0.2) is 42.5 Å². The first-order chi connectivity index (χ1) is 13.4. The minimum atomic E-state index is -1.16. The molecule has 2 aromatic carbocycles. The van der Waals surface area contributed by atoms with Crippen molar-refractivity contribution in [1.29, 1.82) is 0 Å². The zero-order valence-corrected chi connectivity index (χ0v) is 15.4. The van der Waals surface area contributed by atoms with Crippen molar-refractivity contribution in [1.82, 2.24) is 0 Å². The van der Waals surface area contributed by atoms with Crippen LogP contribution < -0.4 is 10.1 Å². The molecule has 2 aliphatic rings. The van der Waals surface area contributed by atoms with Gasteiger partial charge in [-0.3, -0.25) is 9.59 Å². The van der Waals surface area contributed by atoms with Crippen LogP contribution in [-0.4, -0.2) is 23.6 Å². The summed E-state index contributed by atoms with van der Waals surface area (Å²) < 4.78 is 19.3. The molecule has 0 radical (unpaired) electrons. The maximum absolute atomic E-state index is 13.6. The van der Waals surface area contributed by atoms with Gasteiger partial charge in [0.1, 0.15) is 11.6 Å². The topological polar surface area (TPSA) is 75.6 Å². The van der Waals surface area contributed by atoms with Gasteiger partial charge < -0.3 is 15.2 Å². The van der Waals surface area contributed by atoms with Crippen LogP contribution in [0.4, 0.5) is 10.1 Å². The van der Waals surface area contributed by atoms with Crippen LogP contribution in [-0.2, 0) is 22.4 Å². The van der Waals surface area contributed by atoms with Crippen molar-refractivity contribution in [3.63, 3.8) is 0 Å². The Morgan fingerprint density at radius 2 is 1.82 bits per heavy atom. The number of anilines is 1. The fraction of sp³-hybridized carbons (Fsp3) is 0.364. The van der Waals surface area contributed by atoms with Gasteiger partial charge in [0.15, 0.2) is 0 Å². The second kappa shape index (κ2) is 7.26. The van der Waals surface area contributed by atoms with Gasteiger partial charge in [0.2, 0.25) is 5.91 Å². The summed E-state index contributed by atoms with van der Waals surface area (Å²) in [6.45, 7) is 0.487. The summed E-state index contributed by atoms with van der Waals surface area (Å²) in [6, 6.07) is 11.5. The monoisotopic (exact) mass is 383 g/mol. The van der Waals surface area contributed by atoms with Crippen molar-refractivity contribution in [3.05, 3.63) is 59.4 Å². The molecule has 1 amide bonds. The highest BCUT2D eigenvalue weighted by Gasteiger charge is 2.45.